The van der Waals surface area contributed by atoms with Gasteiger partial charge in [0.25, 0.3) is 0 Å². The molecule has 6 atom stereocenters. The van der Waals surface area contributed by atoms with Crippen LogP contribution in [0.2, 0.25) is 0 Å². The Morgan fingerprint density at radius 1 is 1.01 bits per heavy atom. The number of hydrogen-bond donors (Lipinski definition) is 0. The summed E-state index contributed by atoms with van der Waals surface area (Å²) in [5, 5.41) is 0. The Hall–Kier alpha value is -5.84. The van der Waals surface area contributed by atoms with E-state index in [4.69, 9.17) is 15.7 Å². The summed E-state index contributed by atoms with van der Waals surface area (Å²) in [7, 11) is 0. The zero-order chi connectivity index (χ0) is 48.8. The van der Waals surface area contributed by atoms with Crippen LogP contribution < -0.4 is 4.90 Å². The zero-order valence-corrected chi connectivity index (χ0v) is 43.1. The molecule has 360 valence electrons. The molecule has 4 heterocycles. The number of fused-ring (bicyclic) bond motifs is 4. The molecule has 2 aliphatic carbocycles. The maximum Gasteiger partial charge on any atom is 0.110 e. The Morgan fingerprint density at radius 3 is 2.57 bits per heavy atom. The normalized spacial score (nSPS) is 25.6. The van der Waals surface area contributed by atoms with Crippen LogP contribution in [0, 0.1) is 11.3 Å². The van der Waals surface area contributed by atoms with E-state index in [1.54, 1.807) is 0 Å². The molecule has 0 fully saturated rings. The third-order valence-corrected chi connectivity index (χ3v) is 15.8. The minimum Gasteiger partial charge on any atom is -0.468 e. The number of anilines is 1. The van der Waals surface area contributed by atoms with Crippen LogP contribution in [0.3, 0.4) is 0 Å². The Labute approximate surface area is 416 Å². The quantitative estimate of drug-likeness (QED) is 0.0996. The van der Waals surface area contributed by atoms with Gasteiger partial charge in [-0.25, -0.2) is 0 Å². The Morgan fingerprint density at radius 2 is 1.83 bits per heavy atom. The zero-order valence-electron chi connectivity index (χ0n) is 43.1. The van der Waals surface area contributed by atoms with E-state index in [2.05, 4.69) is 194 Å². The number of unbranched alkanes of at least 4 members (excludes halogenated alkanes) is 1. The van der Waals surface area contributed by atoms with Gasteiger partial charge in [0.05, 0.1) is 31.1 Å². The molecule has 1 aromatic heterocycles. The lowest BCUT2D eigenvalue weighted by Gasteiger charge is -2.38. The van der Waals surface area contributed by atoms with Crippen LogP contribution in [0.5, 0.6) is 0 Å². The first-order valence-electron chi connectivity index (χ1n) is 26.2. The maximum atomic E-state index is 6.65. The van der Waals surface area contributed by atoms with E-state index in [0.717, 1.165) is 73.0 Å². The lowest BCUT2D eigenvalue weighted by Crippen LogP contribution is -2.33. The molecule has 0 amide bonds. The van der Waals surface area contributed by atoms with E-state index < -0.39 is 0 Å². The standard InChI is InChI=1S/C65H78N2O2/c1-12-19-28-55(18-7)67-60(30-21-14-3)45(9)57-39-51(31-33-61(57)67)50-26-22-25-49(38-50)48-27-23-35-68-62-41-63-58(40-56(62)44(8)36-48)53(43-69-63)37-47(16-5)52-32-34-64-65(11,42-52)59(29-20-13-2)46(10)66(64)54(17-6)24-15-4/h13,15-16,18,21-27,30-34,36-39,43,45,54,56,60,62H,2,5,8,12,14,17,19-20,28-29,35,40-42H2,1,3-4,6-7,9-11H3/b24-15-,27-23-,30-21-,47-37+,48-36+,55-18+/t45?,54?,56-,60?,62?,65?/m0/s1. The van der Waals surface area contributed by atoms with Gasteiger partial charge in [0, 0.05) is 57.6 Å². The number of benzene rings is 2. The predicted molar refractivity (Wildman–Crippen MR) is 295 cm³/mol. The van der Waals surface area contributed by atoms with E-state index in [-0.39, 0.29) is 17.4 Å². The fourth-order valence-electron chi connectivity index (χ4n) is 12.1. The first-order valence-corrected chi connectivity index (χ1v) is 26.2. The molecule has 2 aromatic carbocycles. The molecule has 0 saturated heterocycles. The third kappa shape index (κ3) is 9.72. The van der Waals surface area contributed by atoms with Crippen molar-refractivity contribution in [2.24, 2.45) is 11.3 Å². The van der Waals surface area contributed by atoms with Crippen LogP contribution >= 0.6 is 0 Å². The van der Waals surface area contributed by atoms with Crippen LogP contribution in [0.25, 0.3) is 22.8 Å². The lowest BCUT2D eigenvalue weighted by molar-refractivity contribution is 0.0325. The van der Waals surface area contributed by atoms with Crippen LogP contribution in [0.1, 0.15) is 141 Å². The fourth-order valence-corrected chi connectivity index (χ4v) is 12.1. The molecule has 0 bridgehead atoms. The van der Waals surface area contributed by atoms with Crippen LogP contribution in [0.15, 0.2) is 185 Å². The van der Waals surface area contributed by atoms with Gasteiger partial charge in [-0.1, -0.05) is 138 Å². The minimum atomic E-state index is -0.109. The molecule has 4 heteroatoms. The smallest absolute Gasteiger partial charge is 0.110 e. The van der Waals surface area contributed by atoms with Crippen molar-refractivity contribution in [2.45, 2.75) is 144 Å². The van der Waals surface area contributed by atoms with Crippen LogP contribution in [-0.2, 0) is 17.6 Å². The molecule has 4 nitrogen and oxygen atoms in total. The SMILES string of the molecule is C=CCCC1=C(C)N(C(/C=C\C)CC)C2=CC=C(/C(C=C)=C/c3coc4c3C[C@H]3C(=C)/C=C(c5cccc(-c6ccc7c(c6)C(C)C(/C=C\CC)N7/C(=C/C)CCCC)c5)\C=C/COC3C4)CC21C. The summed E-state index contributed by atoms with van der Waals surface area (Å²) >= 11 is 0. The van der Waals surface area contributed by atoms with Crippen molar-refractivity contribution < 1.29 is 9.15 Å². The fraction of sp³-hybridized carbons (Fsp3) is 0.385. The lowest BCUT2D eigenvalue weighted by atomic mass is 9.70. The van der Waals surface area contributed by atoms with Crippen molar-refractivity contribution in [3.05, 3.63) is 209 Å². The Bertz CT molecular complexity index is 2720. The Kier molecular flexibility index (Phi) is 15.7. The van der Waals surface area contributed by atoms with E-state index >= 15 is 0 Å². The number of allylic oxidation sites excluding steroid dienone is 15. The van der Waals surface area contributed by atoms with Gasteiger partial charge in [-0.15, -0.1) is 6.58 Å². The molecule has 3 aliphatic heterocycles. The first-order chi connectivity index (χ1) is 33.5. The summed E-state index contributed by atoms with van der Waals surface area (Å²) in [4.78, 5) is 5.21. The van der Waals surface area contributed by atoms with Crippen molar-refractivity contribution in [1.82, 2.24) is 4.90 Å². The summed E-state index contributed by atoms with van der Waals surface area (Å²) in [5.41, 5.74) is 19.1. The second-order valence-electron chi connectivity index (χ2n) is 20.1. The predicted octanol–water partition coefficient (Wildman–Crippen LogP) is 17.3. The molecule has 0 spiro atoms. The van der Waals surface area contributed by atoms with Crippen LogP contribution in [-0.4, -0.2) is 29.7 Å². The highest BCUT2D eigenvalue weighted by Gasteiger charge is 2.47. The van der Waals surface area contributed by atoms with Gasteiger partial charge in [0.2, 0.25) is 0 Å². The van der Waals surface area contributed by atoms with E-state index in [9.17, 15) is 0 Å². The third-order valence-electron chi connectivity index (χ3n) is 15.8. The van der Waals surface area contributed by atoms with Gasteiger partial charge in [0.1, 0.15) is 5.76 Å². The summed E-state index contributed by atoms with van der Waals surface area (Å²) in [5.74, 6) is 1.50. The van der Waals surface area contributed by atoms with Gasteiger partial charge in [-0.3, -0.25) is 0 Å². The highest BCUT2D eigenvalue weighted by atomic mass is 16.5. The molecular formula is C65H78N2O2. The molecule has 8 rings (SSSR count). The molecule has 5 unspecified atom stereocenters. The molecule has 3 aromatic rings. The van der Waals surface area contributed by atoms with Gasteiger partial charge in [-0.05, 0) is 160 Å². The number of nitrogens with zero attached hydrogens (tertiary/aromatic N) is 2. The van der Waals surface area contributed by atoms with Gasteiger partial charge in [0.15, 0.2) is 0 Å². The summed E-state index contributed by atoms with van der Waals surface area (Å²) in [6, 6.07) is 16.8. The number of furan rings is 1. The van der Waals surface area contributed by atoms with E-state index in [1.807, 2.05) is 12.3 Å². The molecule has 5 aliphatic rings. The van der Waals surface area contributed by atoms with Gasteiger partial charge >= 0.3 is 0 Å². The Balaban J connectivity index is 1.06. The minimum absolute atomic E-state index is 0.0270. The summed E-state index contributed by atoms with van der Waals surface area (Å²) in [6.07, 6.45) is 41.4. The van der Waals surface area contributed by atoms with Crippen molar-refractivity contribution in [3.8, 4) is 11.1 Å². The van der Waals surface area contributed by atoms with Crippen molar-refractivity contribution in [1.29, 1.82) is 0 Å². The maximum absolute atomic E-state index is 6.65. The van der Waals surface area contributed by atoms with E-state index in [1.165, 1.54) is 74.6 Å². The summed E-state index contributed by atoms with van der Waals surface area (Å²) in [6.45, 7) is 32.0. The number of rotatable bonds is 17. The van der Waals surface area contributed by atoms with Crippen molar-refractivity contribution >= 4 is 17.3 Å². The monoisotopic (exact) mass is 919 g/mol. The summed E-state index contributed by atoms with van der Waals surface area (Å²) < 4.78 is 13.0. The van der Waals surface area contributed by atoms with Crippen molar-refractivity contribution in [2.75, 3.05) is 11.5 Å². The van der Waals surface area contributed by atoms with Gasteiger partial charge < -0.3 is 19.0 Å². The second-order valence-corrected chi connectivity index (χ2v) is 20.1. The van der Waals surface area contributed by atoms with E-state index in [0.29, 0.717) is 31.0 Å². The van der Waals surface area contributed by atoms with Gasteiger partial charge in [-0.2, -0.15) is 0 Å². The highest BCUT2D eigenvalue weighted by molar-refractivity contribution is 5.81. The molecule has 0 radical (unpaired) electrons. The highest BCUT2D eigenvalue weighted by Crippen LogP contribution is 2.56. The topological polar surface area (TPSA) is 28.9 Å². The van der Waals surface area contributed by atoms with Crippen LogP contribution in [0.4, 0.5) is 5.69 Å². The molecule has 0 saturated carbocycles. The molecule has 69 heavy (non-hydrogen) atoms. The van der Waals surface area contributed by atoms with Crippen molar-refractivity contribution in [3.63, 3.8) is 0 Å². The molecule has 0 N–H and O–H groups in total. The average Bonchev–Trinajstić information content (AvgIpc) is 3.97. The number of ether oxygens (including phenoxy) is 1. The first kappa shape index (κ1) is 49.6. The molecular weight excluding hydrogens is 841 g/mol. The largest absolute Gasteiger partial charge is 0.468 e. The second kappa shape index (κ2) is 21.8. The number of hydrogen-bond acceptors (Lipinski definition) is 4. The average molecular weight is 919 g/mol.